The van der Waals surface area contributed by atoms with Crippen LogP contribution in [0.25, 0.3) is 11.0 Å². The molecule has 108 valence electrons. The summed E-state index contributed by atoms with van der Waals surface area (Å²) >= 11 is 0. The van der Waals surface area contributed by atoms with Crippen LogP contribution in [0.3, 0.4) is 0 Å². The number of rotatable bonds is 2. The number of fused-ring (bicyclic) bond motifs is 1. The summed E-state index contributed by atoms with van der Waals surface area (Å²) in [5.41, 5.74) is 0.716. The molecule has 0 aromatic carbocycles. The third kappa shape index (κ3) is 2.71. The summed E-state index contributed by atoms with van der Waals surface area (Å²) in [6, 6.07) is 1.86. The van der Waals surface area contributed by atoms with Crippen molar-refractivity contribution in [1.82, 2.24) is 15.0 Å². The van der Waals surface area contributed by atoms with E-state index in [1.165, 1.54) is 6.33 Å². The normalized spacial score (nSPS) is 20.6. The molecule has 1 atom stereocenters. The minimum absolute atomic E-state index is 0.354. The minimum Gasteiger partial charge on any atom is -0.356 e. The van der Waals surface area contributed by atoms with Crippen LogP contribution in [0, 0.1) is 5.92 Å². The van der Waals surface area contributed by atoms with E-state index in [4.69, 9.17) is 0 Å². The minimum atomic E-state index is -4.09. The van der Waals surface area contributed by atoms with E-state index < -0.39 is 12.6 Å². The zero-order valence-electron chi connectivity index (χ0n) is 10.8. The molecule has 1 fully saturated rings. The van der Waals surface area contributed by atoms with Gasteiger partial charge in [0.15, 0.2) is 0 Å². The molecule has 1 unspecified atom stereocenters. The largest absolute Gasteiger partial charge is 0.389 e. The van der Waals surface area contributed by atoms with Gasteiger partial charge in [-0.05, 0) is 24.8 Å². The number of aromatic amines is 1. The predicted octanol–water partition coefficient (Wildman–Crippen LogP) is 3.13. The highest BCUT2D eigenvalue weighted by Crippen LogP contribution is 2.32. The highest BCUT2D eigenvalue weighted by molar-refractivity contribution is 5.87. The number of alkyl halides is 3. The van der Waals surface area contributed by atoms with Crippen molar-refractivity contribution < 1.29 is 13.2 Å². The van der Waals surface area contributed by atoms with Crippen molar-refractivity contribution in [2.45, 2.75) is 25.4 Å². The number of hydrogen-bond donors (Lipinski definition) is 1. The van der Waals surface area contributed by atoms with Crippen LogP contribution in [-0.4, -0.2) is 34.2 Å². The van der Waals surface area contributed by atoms with Crippen LogP contribution in [-0.2, 0) is 0 Å². The Morgan fingerprint density at radius 2 is 2.20 bits per heavy atom. The quantitative estimate of drug-likeness (QED) is 0.921. The standard InChI is InChI=1S/C13H15F3N4/c14-13(15,16)6-9-2-1-5-20(7-9)12-10-3-4-17-11(10)18-8-19-12/h3-4,8-9H,1-2,5-7H2,(H,17,18,19). The molecule has 0 amide bonds. The van der Waals surface area contributed by atoms with Crippen LogP contribution >= 0.6 is 0 Å². The Balaban J connectivity index is 1.81. The van der Waals surface area contributed by atoms with Gasteiger partial charge in [0.25, 0.3) is 0 Å². The van der Waals surface area contributed by atoms with Gasteiger partial charge in [0.2, 0.25) is 0 Å². The molecule has 0 radical (unpaired) electrons. The van der Waals surface area contributed by atoms with Crippen molar-refractivity contribution in [2.75, 3.05) is 18.0 Å². The summed E-state index contributed by atoms with van der Waals surface area (Å²) in [5.74, 6) is 0.371. The molecule has 7 heteroatoms. The fraction of sp³-hybridized carbons (Fsp3) is 0.538. The first-order valence-electron chi connectivity index (χ1n) is 6.63. The van der Waals surface area contributed by atoms with E-state index in [9.17, 15) is 13.2 Å². The molecule has 1 N–H and O–H groups in total. The Hall–Kier alpha value is -1.79. The molecule has 0 spiro atoms. The highest BCUT2D eigenvalue weighted by Gasteiger charge is 2.34. The summed E-state index contributed by atoms with van der Waals surface area (Å²) in [4.78, 5) is 13.3. The molecule has 4 nitrogen and oxygen atoms in total. The van der Waals surface area contributed by atoms with Gasteiger partial charge in [-0.2, -0.15) is 13.2 Å². The molecule has 0 aliphatic carbocycles. The number of aromatic nitrogens is 3. The highest BCUT2D eigenvalue weighted by atomic mass is 19.4. The molecule has 1 aliphatic heterocycles. The lowest BCUT2D eigenvalue weighted by Gasteiger charge is -2.34. The number of hydrogen-bond acceptors (Lipinski definition) is 3. The molecule has 2 aromatic rings. The molecule has 0 saturated carbocycles. The average molecular weight is 284 g/mol. The SMILES string of the molecule is FC(F)(F)CC1CCCN(c2ncnc3[nH]ccc23)C1. The lowest BCUT2D eigenvalue weighted by molar-refractivity contribution is -0.144. The molecule has 1 aliphatic rings. The fourth-order valence-corrected chi connectivity index (χ4v) is 2.86. The van der Waals surface area contributed by atoms with E-state index in [0.29, 0.717) is 18.6 Å². The van der Waals surface area contributed by atoms with Gasteiger partial charge in [0, 0.05) is 25.7 Å². The number of nitrogens with zero attached hydrogens (tertiary/aromatic N) is 3. The monoisotopic (exact) mass is 284 g/mol. The van der Waals surface area contributed by atoms with Crippen molar-refractivity contribution >= 4 is 16.9 Å². The third-order valence-corrected chi connectivity index (χ3v) is 3.67. The molecular formula is C13H15F3N4. The maximum atomic E-state index is 12.5. The Morgan fingerprint density at radius 3 is 3.00 bits per heavy atom. The van der Waals surface area contributed by atoms with E-state index >= 15 is 0 Å². The summed E-state index contributed by atoms with van der Waals surface area (Å²) in [6.07, 6.45) is -0.219. The number of piperidine rings is 1. The lowest BCUT2D eigenvalue weighted by Crippen LogP contribution is -2.37. The number of anilines is 1. The van der Waals surface area contributed by atoms with Crippen LogP contribution in [0.5, 0.6) is 0 Å². The van der Waals surface area contributed by atoms with Crippen molar-refractivity contribution in [1.29, 1.82) is 0 Å². The van der Waals surface area contributed by atoms with Gasteiger partial charge in [-0.3, -0.25) is 0 Å². The predicted molar refractivity (Wildman–Crippen MR) is 69.5 cm³/mol. The Morgan fingerprint density at radius 1 is 1.35 bits per heavy atom. The van der Waals surface area contributed by atoms with Crippen LogP contribution in [0.15, 0.2) is 18.6 Å². The lowest BCUT2D eigenvalue weighted by atomic mass is 9.94. The summed E-state index contributed by atoms with van der Waals surface area (Å²) in [6.45, 7) is 1.14. The van der Waals surface area contributed by atoms with E-state index in [1.54, 1.807) is 6.20 Å². The molecular weight excluding hydrogens is 269 g/mol. The molecule has 2 aromatic heterocycles. The molecule has 3 rings (SSSR count). The van der Waals surface area contributed by atoms with Crippen molar-refractivity contribution in [3.8, 4) is 0 Å². The number of H-pyrrole nitrogens is 1. The molecule has 20 heavy (non-hydrogen) atoms. The van der Waals surface area contributed by atoms with E-state index in [-0.39, 0.29) is 5.92 Å². The van der Waals surface area contributed by atoms with E-state index in [2.05, 4.69) is 15.0 Å². The molecule has 0 bridgehead atoms. The first kappa shape index (κ1) is 13.2. The Labute approximate surface area is 114 Å². The van der Waals surface area contributed by atoms with Crippen LogP contribution < -0.4 is 4.90 Å². The Kier molecular flexibility index (Phi) is 3.27. The molecule has 3 heterocycles. The zero-order chi connectivity index (χ0) is 14.2. The van der Waals surface area contributed by atoms with Crippen LogP contribution in [0.1, 0.15) is 19.3 Å². The smallest absolute Gasteiger partial charge is 0.356 e. The van der Waals surface area contributed by atoms with E-state index in [1.807, 2.05) is 11.0 Å². The maximum Gasteiger partial charge on any atom is 0.389 e. The first-order valence-corrected chi connectivity index (χ1v) is 6.63. The second-order valence-electron chi connectivity index (χ2n) is 5.21. The number of halogens is 3. The zero-order valence-corrected chi connectivity index (χ0v) is 10.8. The maximum absolute atomic E-state index is 12.5. The van der Waals surface area contributed by atoms with Gasteiger partial charge in [-0.1, -0.05) is 0 Å². The first-order chi connectivity index (χ1) is 9.53. The second-order valence-corrected chi connectivity index (χ2v) is 5.21. The van der Waals surface area contributed by atoms with Crippen molar-refractivity contribution in [3.63, 3.8) is 0 Å². The van der Waals surface area contributed by atoms with Gasteiger partial charge in [0.05, 0.1) is 5.39 Å². The summed E-state index contributed by atoms with van der Waals surface area (Å²) in [5, 5.41) is 0.861. The summed E-state index contributed by atoms with van der Waals surface area (Å²) < 4.78 is 37.6. The Bertz CT molecular complexity index is 593. The second kappa shape index (κ2) is 4.96. The van der Waals surface area contributed by atoms with Crippen LogP contribution in [0.4, 0.5) is 19.0 Å². The summed E-state index contributed by atoms with van der Waals surface area (Å²) in [7, 11) is 0. The fourth-order valence-electron chi connectivity index (χ4n) is 2.86. The van der Waals surface area contributed by atoms with Gasteiger partial charge in [-0.15, -0.1) is 0 Å². The van der Waals surface area contributed by atoms with Crippen molar-refractivity contribution in [3.05, 3.63) is 18.6 Å². The molecule has 1 saturated heterocycles. The van der Waals surface area contributed by atoms with Gasteiger partial charge >= 0.3 is 6.18 Å². The van der Waals surface area contributed by atoms with Gasteiger partial charge in [0.1, 0.15) is 17.8 Å². The third-order valence-electron chi connectivity index (χ3n) is 3.67. The van der Waals surface area contributed by atoms with Crippen LogP contribution in [0.2, 0.25) is 0 Å². The average Bonchev–Trinajstić information content (AvgIpc) is 2.85. The van der Waals surface area contributed by atoms with Gasteiger partial charge < -0.3 is 9.88 Å². The van der Waals surface area contributed by atoms with Gasteiger partial charge in [-0.25, -0.2) is 9.97 Å². The van der Waals surface area contributed by atoms with Crippen molar-refractivity contribution in [2.24, 2.45) is 5.92 Å². The topological polar surface area (TPSA) is 44.8 Å². The van der Waals surface area contributed by atoms with E-state index in [0.717, 1.165) is 24.2 Å². The number of nitrogens with one attached hydrogen (secondary N) is 1.